The number of thiophene rings is 1. The Morgan fingerprint density at radius 2 is 1.14 bits per heavy atom. The molecule has 4 heteroatoms. The summed E-state index contributed by atoms with van der Waals surface area (Å²) < 4.78 is 2.83. The predicted molar refractivity (Wildman–Crippen MR) is 276 cm³/mol. The predicted octanol–water partition coefficient (Wildman–Crippen LogP) is 14.8. The van der Waals surface area contributed by atoms with Crippen molar-refractivity contribution in [2.24, 2.45) is 0 Å². The second-order valence-corrected chi connectivity index (χ2v) is 24.1. The molecule has 1 fully saturated rings. The number of aryl methyl sites for hydroxylation is 1. The molecule has 0 bridgehead atoms. The zero-order chi connectivity index (χ0) is 44.2. The zero-order valence-corrected chi connectivity index (χ0v) is 40.5. The van der Waals surface area contributed by atoms with Crippen LogP contribution in [0.5, 0.6) is 0 Å². The zero-order valence-electron chi connectivity index (χ0n) is 39.7. The minimum Gasteiger partial charge on any atom is -0.335 e. The molecular weight excluding hydrogens is 780 g/mol. The normalized spacial score (nSPS) is 20.2. The molecule has 11 rings (SSSR count). The van der Waals surface area contributed by atoms with Gasteiger partial charge in [-0.25, -0.2) is 0 Å². The molecule has 2 nitrogen and oxygen atoms in total. The van der Waals surface area contributed by atoms with E-state index >= 15 is 0 Å². The summed E-state index contributed by atoms with van der Waals surface area (Å²) in [4.78, 5) is 5.67. The van der Waals surface area contributed by atoms with Gasteiger partial charge in [-0.15, -0.1) is 11.3 Å². The van der Waals surface area contributed by atoms with Crippen LogP contribution in [0.25, 0.3) is 32.3 Å². The number of hydrogen-bond acceptors (Lipinski definition) is 3. The molecule has 63 heavy (non-hydrogen) atoms. The number of fused-ring (bicyclic) bond motifs is 9. The van der Waals surface area contributed by atoms with E-state index < -0.39 is 0 Å². The van der Waals surface area contributed by atoms with E-state index in [0.717, 1.165) is 0 Å². The molecule has 3 aliphatic heterocycles. The van der Waals surface area contributed by atoms with Gasteiger partial charge in [-0.3, -0.25) is 0 Å². The van der Waals surface area contributed by atoms with Crippen LogP contribution in [-0.4, -0.2) is 12.3 Å². The number of anilines is 5. The molecule has 7 aromatic rings. The highest BCUT2D eigenvalue weighted by Crippen LogP contribution is 2.63. The van der Waals surface area contributed by atoms with E-state index in [1.807, 2.05) is 0 Å². The molecular formula is C59H63BN2S. The molecule has 6 aromatic carbocycles. The third-order valence-electron chi connectivity index (χ3n) is 15.9. The van der Waals surface area contributed by atoms with E-state index in [1.165, 1.54) is 124 Å². The third-order valence-corrected chi connectivity index (χ3v) is 17.1. The van der Waals surface area contributed by atoms with Crippen molar-refractivity contribution in [3.05, 3.63) is 143 Å². The van der Waals surface area contributed by atoms with Crippen LogP contribution in [0.15, 0.2) is 115 Å². The quantitative estimate of drug-likeness (QED) is 0.164. The van der Waals surface area contributed by atoms with Gasteiger partial charge in [0.25, 0.3) is 6.71 Å². The summed E-state index contributed by atoms with van der Waals surface area (Å²) in [5.74, 6) is 0. The minimum absolute atomic E-state index is 0.00599. The van der Waals surface area contributed by atoms with Crippen molar-refractivity contribution in [2.75, 3.05) is 9.80 Å². The van der Waals surface area contributed by atoms with Crippen LogP contribution in [0, 0.1) is 6.92 Å². The molecule has 0 spiro atoms. The average Bonchev–Trinajstić information content (AvgIpc) is 3.71. The topological polar surface area (TPSA) is 6.48 Å². The first-order valence-electron chi connectivity index (χ1n) is 23.6. The lowest BCUT2D eigenvalue weighted by molar-refractivity contribution is 0.195. The number of benzene rings is 6. The smallest absolute Gasteiger partial charge is 0.264 e. The highest BCUT2D eigenvalue weighted by molar-refractivity contribution is 7.33. The van der Waals surface area contributed by atoms with Gasteiger partial charge in [-0.05, 0) is 123 Å². The van der Waals surface area contributed by atoms with Crippen LogP contribution < -0.4 is 25.5 Å². The van der Waals surface area contributed by atoms with Crippen LogP contribution in [-0.2, 0) is 21.7 Å². The second kappa shape index (κ2) is 13.5. The molecule has 0 N–H and O–H groups in total. The standard InChI is InChI=1S/C59H63BN2S/c1-36-29-47-50-48(30-36)62-53-45(58(11)27-19-20-28-59(58,62)12)33-41(57(8,9)10)34-46(53)60(50)54-52(42-26-25-39(55(2,3)4)35-49(42)63-54)61(47)51-43(37-21-15-13-16-22-37)31-40(56(5,6)7)32-44(51)38-23-17-14-18-24-38/h13-18,21-26,29-35H,19-20,27-28H2,1-12H3. The Morgan fingerprint density at radius 3 is 1.75 bits per heavy atom. The molecule has 1 saturated carbocycles. The lowest BCUT2D eigenvalue weighted by atomic mass is 9.36. The molecule has 4 heterocycles. The first kappa shape index (κ1) is 40.7. The SMILES string of the molecule is Cc1cc2c3c(c1)N1c4c(cc(C(C)(C)C)cc4C4(C)CCCCC14C)B3c1sc3cc(C(C)(C)C)ccc3c1N2c1c(-c2ccccc2)cc(C(C)(C)C)cc1-c1ccccc1. The van der Waals surface area contributed by atoms with Gasteiger partial charge in [0.2, 0.25) is 0 Å². The highest BCUT2D eigenvalue weighted by Gasteiger charge is 2.62. The molecule has 0 radical (unpaired) electrons. The summed E-state index contributed by atoms with van der Waals surface area (Å²) >= 11 is 2.05. The van der Waals surface area contributed by atoms with Crippen LogP contribution in [0.1, 0.15) is 130 Å². The van der Waals surface area contributed by atoms with Crippen LogP contribution in [0.4, 0.5) is 28.4 Å². The van der Waals surface area contributed by atoms with Gasteiger partial charge in [-0.2, -0.15) is 0 Å². The van der Waals surface area contributed by atoms with Gasteiger partial charge in [0.1, 0.15) is 0 Å². The average molecular weight is 843 g/mol. The van der Waals surface area contributed by atoms with Gasteiger partial charge < -0.3 is 9.80 Å². The Balaban J connectivity index is 1.34. The largest absolute Gasteiger partial charge is 0.335 e. The lowest BCUT2D eigenvalue weighted by Crippen LogP contribution is -2.64. The fraction of sp³-hybridized carbons (Fsp3) is 0.356. The van der Waals surface area contributed by atoms with Crippen molar-refractivity contribution >= 4 is 72.3 Å². The van der Waals surface area contributed by atoms with Crippen molar-refractivity contribution in [1.82, 2.24) is 0 Å². The minimum atomic E-state index is -0.0608. The van der Waals surface area contributed by atoms with E-state index in [1.54, 1.807) is 5.56 Å². The maximum Gasteiger partial charge on any atom is 0.264 e. The Labute approximate surface area is 381 Å². The fourth-order valence-electron chi connectivity index (χ4n) is 12.1. The van der Waals surface area contributed by atoms with Gasteiger partial charge in [0.05, 0.1) is 16.9 Å². The maximum absolute atomic E-state index is 2.90. The fourth-order valence-corrected chi connectivity index (χ4v) is 13.4. The molecule has 4 aliphatic rings. The molecule has 0 saturated heterocycles. The van der Waals surface area contributed by atoms with Crippen molar-refractivity contribution < 1.29 is 0 Å². The van der Waals surface area contributed by atoms with Gasteiger partial charge in [-0.1, -0.05) is 167 Å². The summed E-state index contributed by atoms with van der Waals surface area (Å²) in [6.07, 6.45) is 4.95. The highest BCUT2D eigenvalue weighted by atomic mass is 32.1. The second-order valence-electron chi connectivity index (χ2n) is 23.0. The van der Waals surface area contributed by atoms with E-state index in [-0.39, 0.29) is 33.9 Å². The molecule has 2 atom stereocenters. The first-order chi connectivity index (χ1) is 29.8. The van der Waals surface area contributed by atoms with Gasteiger partial charge in [0.15, 0.2) is 0 Å². The van der Waals surface area contributed by atoms with Crippen LogP contribution in [0.3, 0.4) is 0 Å². The van der Waals surface area contributed by atoms with E-state index in [9.17, 15) is 0 Å². The van der Waals surface area contributed by atoms with Crippen molar-refractivity contribution in [2.45, 2.75) is 136 Å². The molecule has 1 aliphatic carbocycles. The summed E-state index contributed by atoms with van der Waals surface area (Å²) in [6.45, 7) is 29.1. The summed E-state index contributed by atoms with van der Waals surface area (Å²) in [5, 5.41) is 1.34. The van der Waals surface area contributed by atoms with Crippen molar-refractivity contribution in [3.8, 4) is 22.3 Å². The van der Waals surface area contributed by atoms with E-state index in [0.29, 0.717) is 0 Å². The van der Waals surface area contributed by atoms with Gasteiger partial charge in [0, 0.05) is 48.5 Å². The van der Waals surface area contributed by atoms with Crippen molar-refractivity contribution in [1.29, 1.82) is 0 Å². The van der Waals surface area contributed by atoms with E-state index in [4.69, 9.17) is 0 Å². The Hall–Kier alpha value is -5.06. The summed E-state index contributed by atoms with van der Waals surface area (Å²) in [7, 11) is 0. The molecule has 0 amide bonds. The number of nitrogens with zero attached hydrogens (tertiary/aromatic N) is 2. The first-order valence-corrected chi connectivity index (χ1v) is 24.4. The molecule has 1 aromatic heterocycles. The lowest BCUT2D eigenvalue weighted by Gasteiger charge is -2.52. The van der Waals surface area contributed by atoms with Crippen LogP contribution in [0.2, 0.25) is 0 Å². The monoisotopic (exact) mass is 842 g/mol. The Kier molecular flexibility index (Phi) is 8.72. The third kappa shape index (κ3) is 5.81. The number of rotatable bonds is 3. The Morgan fingerprint density at radius 1 is 0.571 bits per heavy atom. The van der Waals surface area contributed by atoms with Crippen molar-refractivity contribution in [3.63, 3.8) is 0 Å². The van der Waals surface area contributed by atoms with Crippen LogP contribution >= 0.6 is 11.3 Å². The maximum atomic E-state index is 2.90. The molecule has 318 valence electrons. The van der Waals surface area contributed by atoms with E-state index in [2.05, 4.69) is 219 Å². The summed E-state index contributed by atoms with van der Waals surface area (Å²) in [5.41, 5.74) is 21.9. The van der Waals surface area contributed by atoms with Gasteiger partial charge >= 0.3 is 0 Å². The number of hydrogen-bond donors (Lipinski definition) is 0. The summed E-state index contributed by atoms with van der Waals surface area (Å²) in [6, 6.07) is 45.3. The Bertz CT molecular complexity index is 2950. The molecule has 2 unspecified atom stereocenters.